The average molecular weight is 383 g/mol. The first kappa shape index (κ1) is 19.7. The maximum atomic E-state index is 12.6. The minimum Gasteiger partial charge on any atom is -0.497 e. The Hall–Kier alpha value is -3.09. The summed E-state index contributed by atoms with van der Waals surface area (Å²) in [5, 5.41) is 0. The maximum Gasteiger partial charge on any atom is 0.258 e. The molecule has 0 spiro atoms. The molecule has 2 amide bonds. The van der Waals surface area contributed by atoms with E-state index in [9.17, 15) is 9.59 Å². The van der Waals surface area contributed by atoms with Gasteiger partial charge in [0.2, 0.25) is 11.8 Å². The number of benzene rings is 1. The molecule has 0 saturated carbocycles. The molecular weight excluding hydrogens is 358 g/mol. The first-order chi connectivity index (χ1) is 13.5. The lowest BCUT2D eigenvalue weighted by Crippen LogP contribution is -2.32. The van der Waals surface area contributed by atoms with Gasteiger partial charge in [-0.3, -0.25) is 9.59 Å². The van der Waals surface area contributed by atoms with Crippen LogP contribution in [0.15, 0.2) is 42.6 Å². The van der Waals surface area contributed by atoms with Crippen LogP contribution < -0.4 is 9.47 Å². The second kappa shape index (κ2) is 8.73. The van der Waals surface area contributed by atoms with E-state index in [-0.39, 0.29) is 17.9 Å². The minimum atomic E-state index is -0.177. The molecule has 1 aliphatic rings. The standard InChI is InChI=1S/C21H25N3O4/c1-23(2)21(26)18-5-4-11-22-20(18)28-17-10-12-24(14-17)19(25)13-15-6-8-16(27-3)9-7-15/h4-9,11,17H,10,12-14H2,1-3H3. The van der Waals surface area contributed by atoms with Gasteiger partial charge >= 0.3 is 0 Å². The first-order valence-electron chi connectivity index (χ1n) is 9.22. The third-order valence-electron chi connectivity index (χ3n) is 4.70. The van der Waals surface area contributed by atoms with Gasteiger partial charge < -0.3 is 19.3 Å². The normalized spacial score (nSPS) is 16.0. The van der Waals surface area contributed by atoms with Crippen molar-refractivity contribution >= 4 is 11.8 Å². The molecule has 3 rings (SSSR count). The summed E-state index contributed by atoms with van der Waals surface area (Å²) in [6, 6.07) is 10.9. The molecule has 7 nitrogen and oxygen atoms in total. The van der Waals surface area contributed by atoms with Crippen molar-refractivity contribution in [1.29, 1.82) is 0 Å². The van der Waals surface area contributed by atoms with Crippen LogP contribution in [0.2, 0.25) is 0 Å². The number of pyridine rings is 1. The molecule has 0 bridgehead atoms. The SMILES string of the molecule is COc1ccc(CC(=O)N2CCC(Oc3ncccc3C(=O)N(C)C)C2)cc1. The molecule has 2 heterocycles. The van der Waals surface area contributed by atoms with Crippen molar-refractivity contribution in [2.24, 2.45) is 0 Å². The Morgan fingerprint density at radius 3 is 2.64 bits per heavy atom. The van der Waals surface area contributed by atoms with E-state index in [1.54, 1.807) is 44.4 Å². The quantitative estimate of drug-likeness (QED) is 0.763. The van der Waals surface area contributed by atoms with E-state index in [4.69, 9.17) is 9.47 Å². The summed E-state index contributed by atoms with van der Waals surface area (Å²) >= 11 is 0. The smallest absolute Gasteiger partial charge is 0.258 e. The lowest BCUT2D eigenvalue weighted by atomic mass is 10.1. The van der Waals surface area contributed by atoms with Crippen LogP contribution in [0.5, 0.6) is 11.6 Å². The van der Waals surface area contributed by atoms with E-state index in [0.29, 0.717) is 37.4 Å². The Morgan fingerprint density at radius 1 is 1.21 bits per heavy atom. The van der Waals surface area contributed by atoms with Crippen molar-refractivity contribution in [3.05, 3.63) is 53.7 Å². The van der Waals surface area contributed by atoms with E-state index in [1.807, 2.05) is 24.3 Å². The molecule has 1 aromatic heterocycles. The van der Waals surface area contributed by atoms with Gasteiger partial charge in [0, 0.05) is 33.3 Å². The average Bonchev–Trinajstić information content (AvgIpc) is 3.17. The van der Waals surface area contributed by atoms with Gasteiger partial charge in [-0.1, -0.05) is 12.1 Å². The molecule has 1 unspecified atom stereocenters. The number of likely N-dealkylation sites (tertiary alicyclic amines) is 1. The highest BCUT2D eigenvalue weighted by Crippen LogP contribution is 2.22. The van der Waals surface area contributed by atoms with Crippen molar-refractivity contribution in [3.63, 3.8) is 0 Å². The van der Waals surface area contributed by atoms with Crippen LogP contribution in [0.4, 0.5) is 0 Å². The van der Waals surface area contributed by atoms with Crippen LogP contribution in [0, 0.1) is 0 Å². The topological polar surface area (TPSA) is 72.0 Å². The fraction of sp³-hybridized carbons (Fsp3) is 0.381. The Morgan fingerprint density at radius 2 is 1.96 bits per heavy atom. The molecule has 28 heavy (non-hydrogen) atoms. The predicted octanol–water partition coefficient (Wildman–Crippen LogP) is 2.01. The molecule has 1 aliphatic heterocycles. The maximum absolute atomic E-state index is 12.6. The Labute approximate surface area is 164 Å². The summed E-state index contributed by atoms with van der Waals surface area (Å²) in [6.07, 6.45) is 2.47. The van der Waals surface area contributed by atoms with Gasteiger partial charge in [-0.25, -0.2) is 4.98 Å². The molecule has 7 heteroatoms. The van der Waals surface area contributed by atoms with Crippen LogP contribution >= 0.6 is 0 Å². The molecule has 0 aliphatic carbocycles. The van der Waals surface area contributed by atoms with Crippen molar-refractivity contribution in [3.8, 4) is 11.6 Å². The number of amides is 2. The van der Waals surface area contributed by atoms with Gasteiger partial charge in [0.1, 0.15) is 17.4 Å². The van der Waals surface area contributed by atoms with E-state index in [0.717, 1.165) is 11.3 Å². The number of hydrogen-bond donors (Lipinski definition) is 0. The Kier molecular flexibility index (Phi) is 6.13. The fourth-order valence-electron chi connectivity index (χ4n) is 3.13. The molecule has 1 aromatic carbocycles. The van der Waals surface area contributed by atoms with Gasteiger partial charge in [0.05, 0.1) is 20.1 Å². The number of aromatic nitrogens is 1. The summed E-state index contributed by atoms with van der Waals surface area (Å²) in [6.45, 7) is 1.12. The molecular formula is C21H25N3O4. The monoisotopic (exact) mass is 383 g/mol. The molecule has 2 aromatic rings. The van der Waals surface area contributed by atoms with Crippen molar-refractivity contribution in [1.82, 2.24) is 14.8 Å². The lowest BCUT2D eigenvalue weighted by Gasteiger charge is -2.19. The molecule has 1 atom stereocenters. The number of nitrogens with zero attached hydrogens (tertiary/aromatic N) is 3. The Balaban J connectivity index is 1.59. The molecule has 148 valence electrons. The predicted molar refractivity (Wildman–Crippen MR) is 105 cm³/mol. The van der Waals surface area contributed by atoms with Gasteiger partial charge in [-0.05, 0) is 29.8 Å². The zero-order chi connectivity index (χ0) is 20.1. The van der Waals surface area contributed by atoms with Crippen molar-refractivity contribution < 1.29 is 19.1 Å². The first-order valence-corrected chi connectivity index (χ1v) is 9.22. The highest BCUT2D eigenvalue weighted by molar-refractivity contribution is 5.96. The van der Waals surface area contributed by atoms with Gasteiger partial charge in [0.25, 0.3) is 5.91 Å². The number of ether oxygens (including phenoxy) is 2. The van der Waals surface area contributed by atoms with E-state index in [1.165, 1.54) is 4.90 Å². The van der Waals surface area contributed by atoms with Gasteiger partial charge in [0.15, 0.2) is 0 Å². The number of hydrogen-bond acceptors (Lipinski definition) is 5. The van der Waals surface area contributed by atoms with Crippen LogP contribution in [-0.2, 0) is 11.2 Å². The highest BCUT2D eigenvalue weighted by atomic mass is 16.5. The molecule has 1 fully saturated rings. The summed E-state index contributed by atoms with van der Waals surface area (Å²) < 4.78 is 11.1. The third kappa shape index (κ3) is 4.60. The lowest BCUT2D eigenvalue weighted by molar-refractivity contribution is -0.129. The second-order valence-corrected chi connectivity index (χ2v) is 6.95. The number of methoxy groups -OCH3 is 1. The van der Waals surface area contributed by atoms with Crippen molar-refractivity contribution in [2.75, 3.05) is 34.3 Å². The minimum absolute atomic E-state index is 0.0573. The van der Waals surface area contributed by atoms with E-state index in [2.05, 4.69) is 4.98 Å². The van der Waals surface area contributed by atoms with Crippen LogP contribution in [0.3, 0.4) is 0 Å². The summed E-state index contributed by atoms with van der Waals surface area (Å²) in [4.78, 5) is 32.4. The third-order valence-corrected chi connectivity index (χ3v) is 4.70. The fourth-order valence-corrected chi connectivity index (χ4v) is 3.13. The molecule has 0 radical (unpaired) electrons. The number of carbonyl (C=O) groups is 2. The van der Waals surface area contributed by atoms with Crippen molar-refractivity contribution in [2.45, 2.75) is 18.9 Å². The molecule has 0 N–H and O–H groups in total. The number of rotatable bonds is 6. The van der Waals surface area contributed by atoms with Crippen LogP contribution in [0.1, 0.15) is 22.3 Å². The zero-order valence-corrected chi connectivity index (χ0v) is 16.4. The Bertz CT molecular complexity index is 836. The highest BCUT2D eigenvalue weighted by Gasteiger charge is 2.29. The zero-order valence-electron chi connectivity index (χ0n) is 16.4. The largest absolute Gasteiger partial charge is 0.497 e. The van der Waals surface area contributed by atoms with Gasteiger partial charge in [-0.15, -0.1) is 0 Å². The summed E-state index contributed by atoms with van der Waals surface area (Å²) in [5.41, 5.74) is 1.37. The van der Waals surface area contributed by atoms with E-state index >= 15 is 0 Å². The van der Waals surface area contributed by atoms with E-state index < -0.39 is 0 Å². The second-order valence-electron chi connectivity index (χ2n) is 6.95. The number of carbonyl (C=O) groups excluding carboxylic acids is 2. The summed E-state index contributed by atoms with van der Waals surface area (Å²) in [7, 11) is 4.99. The van der Waals surface area contributed by atoms with Gasteiger partial charge in [-0.2, -0.15) is 0 Å². The van der Waals surface area contributed by atoms with Crippen LogP contribution in [-0.4, -0.2) is 67.0 Å². The summed E-state index contributed by atoms with van der Waals surface area (Å²) in [5.74, 6) is 0.982. The van der Waals surface area contributed by atoms with Crippen LogP contribution in [0.25, 0.3) is 0 Å². The molecule has 1 saturated heterocycles.